The molecule has 0 bridgehead atoms. The maximum atomic E-state index is 12.7. The van der Waals surface area contributed by atoms with Crippen molar-refractivity contribution in [3.8, 4) is 46.7 Å². The smallest absolute Gasteiger partial charge is 0.422 e. The van der Waals surface area contributed by atoms with Gasteiger partial charge in [0.05, 0.1) is 17.4 Å². The highest BCUT2D eigenvalue weighted by molar-refractivity contribution is 5.91. The summed E-state index contributed by atoms with van der Waals surface area (Å²) in [4.78, 5) is 47.5. The largest absolute Gasteiger partial charge is 0.496 e. The minimum absolute atomic E-state index is 0.0264. The van der Waals surface area contributed by atoms with Crippen molar-refractivity contribution in [3.63, 3.8) is 0 Å². The molecular weight excluding hydrogens is 729 g/mol. The highest BCUT2D eigenvalue weighted by Crippen LogP contribution is 2.30. The van der Waals surface area contributed by atoms with Gasteiger partial charge in [0, 0.05) is 41.5 Å². The van der Waals surface area contributed by atoms with Gasteiger partial charge in [0.15, 0.2) is 0 Å². The van der Waals surface area contributed by atoms with Crippen LogP contribution in [0.2, 0.25) is 0 Å². The molecule has 280 valence electrons. The first-order valence-corrected chi connectivity index (χ1v) is 16.1. The summed E-state index contributed by atoms with van der Waals surface area (Å²) in [6, 6.07) is 21.8. The molecule has 4 rings (SSSR count). The molecule has 0 heterocycles. The molecule has 12 heteroatoms. The van der Waals surface area contributed by atoms with Crippen LogP contribution in [0.15, 0.2) is 141 Å². The topological polar surface area (TPSA) is 114 Å². The Morgan fingerprint density at radius 1 is 0.607 bits per heavy atom. The van der Waals surface area contributed by atoms with Crippen LogP contribution in [0.5, 0.6) is 23.0 Å². The summed E-state index contributed by atoms with van der Waals surface area (Å²) >= 11 is 0. The van der Waals surface area contributed by atoms with Crippen LogP contribution in [0.3, 0.4) is 0 Å². The van der Waals surface area contributed by atoms with Crippen LogP contribution in [0.4, 0.5) is 13.2 Å². The van der Waals surface area contributed by atoms with Gasteiger partial charge >= 0.3 is 30.1 Å². The number of ether oxygens (including phenoxy) is 5. The average molecular weight is 759 g/mol. The maximum absolute atomic E-state index is 12.7. The maximum Gasteiger partial charge on any atom is 0.422 e. The van der Waals surface area contributed by atoms with E-state index in [1.807, 2.05) is 12.1 Å². The van der Waals surface area contributed by atoms with Crippen molar-refractivity contribution >= 4 is 30.0 Å². The molecular formula is C44H29F3O9. The van der Waals surface area contributed by atoms with E-state index in [2.05, 4.69) is 50.0 Å². The molecule has 0 unspecified atom stereocenters. The zero-order chi connectivity index (χ0) is 40.7. The quantitative estimate of drug-likeness (QED) is 0.0467. The minimum atomic E-state index is -4.94. The van der Waals surface area contributed by atoms with Crippen molar-refractivity contribution in [2.75, 3.05) is 0 Å². The molecule has 0 radical (unpaired) electrons. The number of hydrogen-bond acceptors (Lipinski definition) is 9. The van der Waals surface area contributed by atoms with E-state index in [0.717, 1.165) is 29.4 Å². The van der Waals surface area contributed by atoms with Gasteiger partial charge in [0.25, 0.3) is 0 Å². The minimum Gasteiger partial charge on any atom is -0.496 e. The van der Waals surface area contributed by atoms with Crippen molar-refractivity contribution in [3.05, 3.63) is 175 Å². The zero-order valence-electron chi connectivity index (χ0n) is 29.3. The highest BCUT2D eigenvalue weighted by atomic mass is 19.4. The molecule has 0 aliphatic carbocycles. The lowest BCUT2D eigenvalue weighted by Crippen LogP contribution is -2.23. The van der Waals surface area contributed by atoms with E-state index in [-0.39, 0.29) is 35.0 Å². The van der Waals surface area contributed by atoms with Crippen LogP contribution in [-0.2, 0) is 30.5 Å². The van der Waals surface area contributed by atoms with E-state index in [9.17, 15) is 32.3 Å². The van der Waals surface area contributed by atoms with E-state index in [1.165, 1.54) is 42.7 Å². The SMILES string of the molecule is C=CC(=O)Oc1ccc(C=COCc2ccc(C#Cc3cc(OC(=O)C=C)c(C#Cc4ccc(OC(=O)C(=C)C(F)(F)F)cc4)cc3OC(=O)C=C)cc2)cc1. The van der Waals surface area contributed by atoms with E-state index in [0.29, 0.717) is 16.9 Å². The Kier molecular flexibility index (Phi) is 14.1. The summed E-state index contributed by atoms with van der Waals surface area (Å²) in [6.07, 6.45) is 1.30. The summed E-state index contributed by atoms with van der Waals surface area (Å²) in [7, 11) is 0. The molecule has 4 aromatic rings. The second kappa shape index (κ2) is 19.3. The summed E-state index contributed by atoms with van der Waals surface area (Å²) in [5, 5.41) is 0. The van der Waals surface area contributed by atoms with Crippen LogP contribution in [0.1, 0.15) is 33.4 Å². The summed E-state index contributed by atoms with van der Waals surface area (Å²) in [5.74, 6) is 7.81. The number of rotatable bonds is 12. The fourth-order valence-electron chi connectivity index (χ4n) is 4.15. The van der Waals surface area contributed by atoms with Crippen LogP contribution >= 0.6 is 0 Å². The number of carbonyl (C=O) groups excluding carboxylic acids is 4. The first kappa shape index (κ1) is 40.9. The van der Waals surface area contributed by atoms with E-state index >= 15 is 0 Å². The van der Waals surface area contributed by atoms with Crippen molar-refractivity contribution in [1.29, 1.82) is 0 Å². The van der Waals surface area contributed by atoms with Gasteiger partial charge in [0.2, 0.25) is 0 Å². The molecule has 0 aromatic heterocycles. The van der Waals surface area contributed by atoms with Gasteiger partial charge in [-0.05, 0) is 65.7 Å². The lowest BCUT2D eigenvalue weighted by Gasteiger charge is -2.10. The van der Waals surface area contributed by atoms with Crippen molar-refractivity contribution in [1.82, 2.24) is 0 Å². The Labute approximate surface area is 319 Å². The molecule has 0 saturated carbocycles. The summed E-state index contributed by atoms with van der Waals surface area (Å²) < 4.78 is 64.5. The van der Waals surface area contributed by atoms with Crippen LogP contribution in [0, 0.1) is 23.7 Å². The number of carbonyl (C=O) groups is 4. The fourth-order valence-corrected chi connectivity index (χ4v) is 4.15. The normalized spacial score (nSPS) is 10.3. The van der Waals surface area contributed by atoms with Crippen LogP contribution in [0.25, 0.3) is 6.08 Å². The molecule has 9 nitrogen and oxygen atoms in total. The lowest BCUT2D eigenvalue weighted by atomic mass is 10.1. The predicted octanol–water partition coefficient (Wildman–Crippen LogP) is 7.97. The third kappa shape index (κ3) is 12.4. The third-order valence-corrected chi connectivity index (χ3v) is 7.00. The third-order valence-electron chi connectivity index (χ3n) is 7.00. The second-order valence-corrected chi connectivity index (χ2v) is 11.0. The van der Waals surface area contributed by atoms with E-state index < -0.39 is 35.6 Å². The average Bonchev–Trinajstić information content (AvgIpc) is 3.19. The summed E-state index contributed by atoms with van der Waals surface area (Å²) in [5.41, 5.74) is 1.19. The van der Waals surface area contributed by atoms with Crippen LogP contribution < -0.4 is 18.9 Å². The van der Waals surface area contributed by atoms with Crippen molar-refractivity contribution < 1.29 is 56.0 Å². The molecule has 0 amide bonds. The number of alkyl halides is 3. The Morgan fingerprint density at radius 2 is 1.05 bits per heavy atom. The first-order chi connectivity index (χ1) is 26.8. The Balaban J connectivity index is 1.52. The Bertz CT molecular complexity index is 2330. The van der Waals surface area contributed by atoms with Gasteiger partial charge < -0.3 is 23.7 Å². The number of benzene rings is 4. The molecule has 0 atom stereocenters. The molecule has 0 N–H and O–H groups in total. The standard InChI is InChI=1S/C44H29F3O9/c1-5-40(48)53-36-20-16-32(17-21-36)24-25-52-28-33-10-8-30(9-11-33)12-18-34-26-39(56-42(50)7-3)35(27-38(34)55-41(49)6-2)19-13-31-14-22-37(23-15-31)54-43(51)29(4)44(45,46)47/h5-11,14-17,20-27H,1-4,28H2. The Hall–Kier alpha value is -7.83. The summed E-state index contributed by atoms with van der Waals surface area (Å²) in [6.45, 7) is 13.1. The fraction of sp³-hybridized carbons (Fsp3) is 0.0455. The predicted molar refractivity (Wildman–Crippen MR) is 200 cm³/mol. The zero-order valence-corrected chi connectivity index (χ0v) is 29.3. The highest BCUT2D eigenvalue weighted by Gasteiger charge is 2.38. The lowest BCUT2D eigenvalue weighted by molar-refractivity contribution is -0.142. The van der Waals surface area contributed by atoms with Crippen molar-refractivity contribution in [2.45, 2.75) is 12.8 Å². The number of halogens is 3. The van der Waals surface area contributed by atoms with Gasteiger partial charge in [-0.1, -0.05) is 74.3 Å². The van der Waals surface area contributed by atoms with Crippen molar-refractivity contribution in [2.24, 2.45) is 0 Å². The van der Waals surface area contributed by atoms with Gasteiger partial charge in [0.1, 0.15) is 35.2 Å². The van der Waals surface area contributed by atoms with Gasteiger partial charge in [-0.3, -0.25) is 0 Å². The van der Waals surface area contributed by atoms with E-state index in [1.54, 1.807) is 42.5 Å². The molecule has 56 heavy (non-hydrogen) atoms. The Morgan fingerprint density at radius 3 is 1.54 bits per heavy atom. The molecule has 0 aliphatic heterocycles. The molecule has 0 fully saturated rings. The molecule has 0 spiro atoms. The van der Waals surface area contributed by atoms with Gasteiger partial charge in [-0.25, -0.2) is 19.2 Å². The van der Waals surface area contributed by atoms with Crippen LogP contribution in [-0.4, -0.2) is 30.1 Å². The first-order valence-electron chi connectivity index (χ1n) is 16.1. The molecule has 4 aromatic carbocycles. The number of esters is 4. The van der Waals surface area contributed by atoms with Gasteiger partial charge in [-0.15, -0.1) is 0 Å². The van der Waals surface area contributed by atoms with Gasteiger partial charge in [-0.2, -0.15) is 13.2 Å². The molecule has 0 saturated heterocycles. The molecule has 0 aliphatic rings. The second-order valence-electron chi connectivity index (χ2n) is 11.0. The van der Waals surface area contributed by atoms with E-state index in [4.69, 9.17) is 23.7 Å². The number of hydrogen-bond donors (Lipinski definition) is 0. The monoisotopic (exact) mass is 758 g/mol.